The average Bonchev–Trinajstić information content (AvgIpc) is 3.18. The molecular weight excluding hydrogens is 592 g/mol. The van der Waals surface area contributed by atoms with Gasteiger partial charge in [-0.25, -0.2) is 0 Å². The molecule has 2 unspecified atom stereocenters. The summed E-state index contributed by atoms with van der Waals surface area (Å²) < 4.78 is 0. The highest BCUT2D eigenvalue weighted by Gasteiger charge is 2.35. The number of hydrogen-bond acceptors (Lipinski definition) is 11. The number of amides is 3. The monoisotopic (exact) mass is 632 g/mol. The molecule has 45 heavy (non-hydrogen) atoms. The largest absolute Gasteiger partial charge is 0.511 e. The van der Waals surface area contributed by atoms with Crippen LogP contribution in [0, 0.1) is 5.92 Å². The van der Waals surface area contributed by atoms with E-state index in [1.54, 1.807) is 21.6 Å². The summed E-state index contributed by atoms with van der Waals surface area (Å²) in [5, 5.41) is 41.4. The molecule has 16 heteroatoms. The number of aliphatic hydroxyl groups excluding tert-OH is 1. The minimum absolute atomic E-state index is 0.00816. The predicted octanol–water partition coefficient (Wildman–Crippen LogP) is -0.400. The standard InChI is InChI=1S/C29H40N6O10/c1-18-10-24(37)35(29(18)45)5-3-4-30-28(44)20-11-21-14-32(16-26(40)41)6-8-34(23(19(2)36)13-25(38)39)9-7-33(17-27(42)43)15-22(12-20)31-21/h11-12,18,23,36H,2-10,13-17H2,1H3,(H,30,44)(H,38,39)(H,40,41)(H,42,43). The fourth-order valence-electron chi connectivity index (χ4n) is 5.42. The van der Waals surface area contributed by atoms with Crippen molar-refractivity contribution in [2.45, 2.75) is 45.3 Å². The van der Waals surface area contributed by atoms with Gasteiger partial charge in [0.1, 0.15) is 5.76 Å². The Morgan fingerprint density at radius 3 is 1.93 bits per heavy atom. The molecule has 1 fully saturated rings. The number of aliphatic carboxylic acids is 3. The Labute approximate surface area is 259 Å². The Balaban J connectivity index is 1.83. The number of fused-ring (bicyclic) bond motifs is 2. The highest BCUT2D eigenvalue weighted by Crippen LogP contribution is 2.19. The molecule has 246 valence electrons. The third-order valence-electron chi connectivity index (χ3n) is 7.60. The van der Waals surface area contributed by atoms with Gasteiger partial charge in [-0.15, -0.1) is 0 Å². The summed E-state index contributed by atoms with van der Waals surface area (Å²) in [6.07, 6.45) is 0.0540. The van der Waals surface area contributed by atoms with Gasteiger partial charge >= 0.3 is 17.9 Å². The zero-order valence-corrected chi connectivity index (χ0v) is 25.2. The normalized spacial score (nSPS) is 19.4. The van der Waals surface area contributed by atoms with Crippen molar-refractivity contribution in [2.24, 2.45) is 5.92 Å². The molecule has 3 rings (SSSR count). The molecule has 5 N–H and O–H groups in total. The number of carboxylic acid groups (broad SMARTS) is 3. The third kappa shape index (κ3) is 10.6. The van der Waals surface area contributed by atoms with Gasteiger partial charge in [-0.1, -0.05) is 13.5 Å². The van der Waals surface area contributed by atoms with E-state index in [1.807, 2.05) is 0 Å². The van der Waals surface area contributed by atoms with E-state index in [0.717, 1.165) is 0 Å². The van der Waals surface area contributed by atoms with Crippen molar-refractivity contribution >= 4 is 35.6 Å². The lowest BCUT2D eigenvalue weighted by Crippen LogP contribution is -2.47. The second kappa shape index (κ2) is 16.1. The number of imide groups is 1. The summed E-state index contributed by atoms with van der Waals surface area (Å²) in [6.45, 7) is 5.28. The molecular formula is C29H40N6O10. The molecule has 16 nitrogen and oxygen atoms in total. The van der Waals surface area contributed by atoms with E-state index >= 15 is 0 Å². The number of carbonyl (C=O) groups is 6. The van der Waals surface area contributed by atoms with Crippen molar-refractivity contribution in [3.8, 4) is 0 Å². The first kappa shape index (κ1) is 35.1. The van der Waals surface area contributed by atoms with Crippen LogP contribution in [0.2, 0.25) is 0 Å². The topological polar surface area (TPSA) is 221 Å². The second-order valence-corrected chi connectivity index (χ2v) is 11.3. The number of hydrogen-bond donors (Lipinski definition) is 5. The van der Waals surface area contributed by atoms with Gasteiger partial charge in [-0.2, -0.15) is 0 Å². The van der Waals surface area contributed by atoms with Crippen LogP contribution in [0.3, 0.4) is 0 Å². The highest BCUT2D eigenvalue weighted by atomic mass is 16.4. The number of carboxylic acids is 3. The summed E-state index contributed by atoms with van der Waals surface area (Å²) in [5.74, 6) is -5.08. The first-order valence-corrected chi connectivity index (χ1v) is 14.6. The molecule has 1 saturated heterocycles. The number of likely N-dealkylation sites (tertiary alicyclic amines) is 1. The Morgan fingerprint density at radius 2 is 1.49 bits per heavy atom. The van der Waals surface area contributed by atoms with Crippen LogP contribution in [0.4, 0.5) is 0 Å². The van der Waals surface area contributed by atoms with Crippen molar-refractivity contribution < 1.29 is 49.2 Å². The number of carbonyl (C=O) groups excluding carboxylic acids is 3. The molecule has 1 aromatic heterocycles. The fraction of sp³-hybridized carbons (Fsp3) is 0.552. The van der Waals surface area contributed by atoms with Crippen molar-refractivity contribution in [1.29, 1.82) is 0 Å². The maximum atomic E-state index is 13.1. The van der Waals surface area contributed by atoms with Crippen LogP contribution in [0.25, 0.3) is 0 Å². The van der Waals surface area contributed by atoms with Gasteiger partial charge in [-0.3, -0.25) is 53.4 Å². The molecule has 0 radical (unpaired) electrons. The SMILES string of the molecule is C=C(O)C(CC(=O)O)N1CCN(CC(=O)O)Cc2cc(C(=O)NCCCN3C(=O)CC(C)C3=O)cc(n2)CN(CC(=O)O)CC1. The second-order valence-electron chi connectivity index (χ2n) is 11.3. The lowest BCUT2D eigenvalue weighted by atomic mass is 10.1. The molecule has 2 bridgehead atoms. The van der Waals surface area contributed by atoms with Crippen molar-refractivity contribution in [3.05, 3.63) is 41.4 Å². The molecule has 2 aliphatic rings. The predicted molar refractivity (Wildman–Crippen MR) is 157 cm³/mol. The van der Waals surface area contributed by atoms with E-state index in [1.165, 1.54) is 17.0 Å². The van der Waals surface area contributed by atoms with Gasteiger partial charge in [0.15, 0.2) is 0 Å². The van der Waals surface area contributed by atoms with E-state index in [2.05, 4.69) is 16.9 Å². The Kier molecular flexibility index (Phi) is 12.5. The maximum Gasteiger partial charge on any atom is 0.317 e. The first-order valence-electron chi connectivity index (χ1n) is 14.6. The highest BCUT2D eigenvalue weighted by molar-refractivity contribution is 6.03. The van der Waals surface area contributed by atoms with Crippen molar-refractivity contribution in [3.63, 3.8) is 0 Å². The van der Waals surface area contributed by atoms with Crippen LogP contribution in [-0.4, -0.2) is 139 Å². The molecule has 3 heterocycles. The zero-order valence-electron chi connectivity index (χ0n) is 25.2. The summed E-state index contributed by atoms with van der Waals surface area (Å²) in [7, 11) is 0. The molecule has 2 aliphatic heterocycles. The number of nitrogens with one attached hydrogen (secondary N) is 1. The zero-order chi connectivity index (χ0) is 33.3. The van der Waals surface area contributed by atoms with Gasteiger partial charge < -0.3 is 25.7 Å². The van der Waals surface area contributed by atoms with Gasteiger partial charge in [0.2, 0.25) is 11.8 Å². The van der Waals surface area contributed by atoms with Gasteiger partial charge in [0.25, 0.3) is 5.91 Å². The van der Waals surface area contributed by atoms with Crippen LogP contribution in [0.5, 0.6) is 0 Å². The van der Waals surface area contributed by atoms with E-state index in [-0.39, 0.29) is 101 Å². The van der Waals surface area contributed by atoms with Crippen LogP contribution in [-0.2, 0) is 37.1 Å². The number of nitrogens with zero attached hydrogens (tertiary/aromatic N) is 5. The number of rotatable bonds is 13. The van der Waals surface area contributed by atoms with Crippen molar-refractivity contribution in [1.82, 2.24) is 29.9 Å². The summed E-state index contributed by atoms with van der Waals surface area (Å²) in [4.78, 5) is 82.7. The Morgan fingerprint density at radius 1 is 0.933 bits per heavy atom. The number of aromatic nitrogens is 1. The molecule has 1 aromatic rings. The van der Waals surface area contributed by atoms with Crippen molar-refractivity contribution in [2.75, 3.05) is 52.4 Å². The van der Waals surface area contributed by atoms with Crippen LogP contribution >= 0.6 is 0 Å². The van der Waals surface area contributed by atoms with E-state index < -0.39 is 36.3 Å². The molecule has 2 atom stereocenters. The molecule has 0 aromatic carbocycles. The quantitative estimate of drug-likeness (QED) is 0.106. The smallest absolute Gasteiger partial charge is 0.317 e. The minimum Gasteiger partial charge on any atom is -0.511 e. The van der Waals surface area contributed by atoms with Crippen LogP contribution in [0.15, 0.2) is 24.5 Å². The molecule has 3 amide bonds. The lowest BCUT2D eigenvalue weighted by molar-refractivity contribution is -0.140. The average molecular weight is 633 g/mol. The third-order valence-corrected chi connectivity index (χ3v) is 7.60. The summed E-state index contributed by atoms with van der Waals surface area (Å²) in [5.41, 5.74) is 0.939. The van der Waals surface area contributed by atoms with Gasteiger partial charge in [-0.05, 0) is 18.6 Å². The number of pyridine rings is 1. The van der Waals surface area contributed by atoms with E-state index in [9.17, 15) is 49.2 Å². The van der Waals surface area contributed by atoms with Gasteiger partial charge in [0.05, 0.1) is 36.9 Å². The van der Waals surface area contributed by atoms with E-state index in [0.29, 0.717) is 17.8 Å². The molecule has 0 saturated carbocycles. The first-order chi connectivity index (χ1) is 21.2. The fourth-order valence-corrected chi connectivity index (χ4v) is 5.42. The summed E-state index contributed by atoms with van der Waals surface area (Å²) >= 11 is 0. The Bertz CT molecular complexity index is 1270. The van der Waals surface area contributed by atoms with Crippen LogP contribution in [0.1, 0.15) is 47.9 Å². The molecule has 0 aliphatic carbocycles. The van der Waals surface area contributed by atoms with Crippen LogP contribution < -0.4 is 5.32 Å². The summed E-state index contributed by atoms with van der Waals surface area (Å²) in [6, 6.07) is 2.04. The minimum atomic E-state index is -1.18. The molecule has 0 spiro atoms. The lowest BCUT2D eigenvalue weighted by Gasteiger charge is -2.34. The Hall–Kier alpha value is -4.41. The maximum absolute atomic E-state index is 13.1. The number of aliphatic hydroxyl groups is 1. The van der Waals surface area contributed by atoms with Gasteiger partial charge in [0, 0.05) is 70.3 Å². The van der Waals surface area contributed by atoms with E-state index in [4.69, 9.17) is 0 Å².